The first kappa shape index (κ1) is 9.32. The van der Waals surface area contributed by atoms with Crippen LogP contribution in [0, 0.1) is 13.8 Å². The molecule has 0 amide bonds. The molecule has 74 valence electrons. The van der Waals surface area contributed by atoms with E-state index in [-0.39, 0.29) is 0 Å². The molecule has 1 nitrogen and oxygen atoms in total. The Labute approximate surface area is 85.8 Å². The first-order valence-corrected chi connectivity index (χ1v) is 5.20. The monoisotopic (exact) mass is 187 g/mol. The van der Waals surface area contributed by atoms with Gasteiger partial charge >= 0.3 is 0 Å². The van der Waals surface area contributed by atoms with E-state index in [1.165, 1.54) is 35.2 Å². The van der Waals surface area contributed by atoms with Crippen molar-refractivity contribution in [2.45, 2.75) is 26.7 Å². The van der Waals surface area contributed by atoms with Crippen LogP contribution in [0.25, 0.3) is 5.70 Å². The molecule has 0 atom stereocenters. The Morgan fingerprint density at radius 2 is 1.93 bits per heavy atom. The molecule has 1 aliphatic carbocycles. The van der Waals surface area contributed by atoms with E-state index < -0.39 is 0 Å². The lowest BCUT2D eigenvalue weighted by Gasteiger charge is -2.10. The van der Waals surface area contributed by atoms with E-state index in [1.807, 2.05) is 7.05 Å². The maximum absolute atomic E-state index is 3.32. The molecule has 2 rings (SSSR count). The molecule has 1 N–H and O–H groups in total. The third-order valence-electron chi connectivity index (χ3n) is 2.75. The smallest absolute Gasteiger partial charge is 0.0406 e. The van der Waals surface area contributed by atoms with Crippen molar-refractivity contribution < 1.29 is 0 Å². The fraction of sp³-hybridized carbons (Fsp3) is 0.385. The van der Waals surface area contributed by atoms with Gasteiger partial charge in [-0.3, -0.25) is 0 Å². The topological polar surface area (TPSA) is 12.0 Å². The van der Waals surface area contributed by atoms with Crippen LogP contribution in [0.15, 0.2) is 23.8 Å². The fourth-order valence-corrected chi connectivity index (χ4v) is 1.91. The first-order chi connectivity index (χ1) is 6.72. The summed E-state index contributed by atoms with van der Waals surface area (Å²) in [5.74, 6) is 0. The Balaban J connectivity index is 2.45. The zero-order valence-corrected chi connectivity index (χ0v) is 9.15. The van der Waals surface area contributed by atoms with Crippen molar-refractivity contribution in [3.05, 3.63) is 40.5 Å². The standard InChI is InChI=1S/C13H17N/c1-9-4-7-12(10(2)8-9)13(14-3)11-5-6-11/h4,7-8,14H,5-6H2,1-3H3. The normalized spacial score (nSPS) is 14.1. The lowest BCUT2D eigenvalue weighted by Crippen LogP contribution is -2.06. The maximum atomic E-state index is 3.32. The Bertz CT molecular complexity index is 382. The Hall–Kier alpha value is -1.24. The van der Waals surface area contributed by atoms with E-state index in [4.69, 9.17) is 0 Å². The van der Waals surface area contributed by atoms with Gasteiger partial charge in [0.2, 0.25) is 0 Å². The zero-order chi connectivity index (χ0) is 10.1. The molecule has 14 heavy (non-hydrogen) atoms. The van der Waals surface area contributed by atoms with E-state index in [2.05, 4.69) is 37.4 Å². The summed E-state index contributed by atoms with van der Waals surface area (Å²) in [5.41, 5.74) is 6.99. The summed E-state index contributed by atoms with van der Waals surface area (Å²) in [6, 6.07) is 6.65. The minimum Gasteiger partial charge on any atom is -0.388 e. The third kappa shape index (κ3) is 1.67. The number of allylic oxidation sites excluding steroid dienone is 1. The summed E-state index contributed by atoms with van der Waals surface area (Å²) < 4.78 is 0. The molecule has 1 saturated carbocycles. The lowest BCUT2D eigenvalue weighted by molar-refractivity contribution is 1.11. The first-order valence-electron chi connectivity index (χ1n) is 5.20. The quantitative estimate of drug-likeness (QED) is 0.750. The Morgan fingerprint density at radius 3 is 2.43 bits per heavy atom. The number of hydrogen-bond donors (Lipinski definition) is 1. The van der Waals surface area contributed by atoms with Gasteiger partial charge in [-0.2, -0.15) is 0 Å². The number of rotatable bonds is 2. The molecular formula is C13H17N. The van der Waals surface area contributed by atoms with Crippen molar-refractivity contribution in [1.82, 2.24) is 5.32 Å². The van der Waals surface area contributed by atoms with E-state index in [9.17, 15) is 0 Å². The second-order valence-electron chi connectivity index (χ2n) is 4.05. The Kier molecular flexibility index (Phi) is 2.32. The molecule has 0 spiro atoms. The van der Waals surface area contributed by atoms with Crippen LogP contribution in [-0.4, -0.2) is 7.05 Å². The average Bonchev–Trinajstić information content (AvgIpc) is 2.93. The van der Waals surface area contributed by atoms with Crippen LogP contribution in [0.2, 0.25) is 0 Å². The van der Waals surface area contributed by atoms with E-state index in [1.54, 1.807) is 5.57 Å². The van der Waals surface area contributed by atoms with Gasteiger partial charge in [0.15, 0.2) is 0 Å². The summed E-state index contributed by atoms with van der Waals surface area (Å²) in [6.45, 7) is 4.32. The second kappa shape index (κ2) is 3.49. The van der Waals surface area contributed by atoms with Crippen LogP contribution in [-0.2, 0) is 0 Å². The summed E-state index contributed by atoms with van der Waals surface area (Å²) >= 11 is 0. The molecule has 0 aromatic heterocycles. The molecular weight excluding hydrogens is 170 g/mol. The van der Waals surface area contributed by atoms with Crippen LogP contribution in [0.1, 0.15) is 29.5 Å². The van der Waals surface area contributed by atoms with Crippen LogP contribution < -0.4 is 5.32 Å². The predicted molar refractivity (Wildman–Crippen MR) is 61.1 cm³/mol. The molecule has 0 heterocycles. The van der Waals surface area contributed by atoms with Gasteiger partial charge in [0, 0.05) is 18.3 Å². The zero-order valence-electron chi connectivity index (χ0n) is 9.15. The van der Waals surface area contributed by atoms with Crippen LogP contribution in [0.5, 0.6) is 0 Å². The molecule has 0 unspecified atom stereocenters. The summed E-state index contributed by atoms with van der Waals surface area (Å²) in [7, 11) is 2.01. The SMILES string of the molecule is CNC(=C1CC1)c1ccc(C)cc1C. The molecule has 1 fully saturated rings. The number of benzene rings is 1. The van der Waals surface area contributed by atoms with Gasteiger partial charge in [-0.15, -0.1) is 0 Å². The molecule has 1 aliphatic rings. The molecule has 1 aromatic rings. The van der Waals surface area contributed by atoms with Gasteiger partial charge in [0.1, 0.15) is 0 Å². The largest absolute Gasteiger partial charge is 0.388 e. The third-order valence-corrected chi connectivity index (χ3v) is 2.75. The molecule has 1 aromatic carbocycles. The van der Waals surface area contributed by atoms with Crippen molar-refractivity contribution in [2.24, 2.45) is 0 Å². The average molecular weight is 187 g/mol. The summed E-state index contributed by atoms with van der Waals surface area (Å²) in [4.78, 5) is 0. The van der Waals surface area contributed by atoms with Crippen LogP contribution in [0.4, 0.5) is 0 Å². The molecule has 0 saturated heterocycles. The van der Waals surface area contributed by atoms with Crippen LogP contribution in [0.3, 0.4) is 0 Å². The fourth-order valence-electron chi connectivity index (χ4n) is 1.91. The second-order valence-corrected chi connectivity index (χ2v) is 4.05. The van der Waals surface area contributed by atoms with Crippen molar-refractivity contribution in [3.8, 4) is 0 Å². The van der Waals surface area contributed by atoms with Gasteiger partial charge in [0.25, 0.3) is 0 Å². The van der Waals surface area contributed by atoms with Crippen LogP contribution >= 0.6 is 0 Å². The lowest BCUT2D eigenvalue weighted by atomic mass is 10.0. The highest BCUT2D eigenvalue weighted by molar-refractivity contribution is 5.72. The molecule has 1 heteroatoms. The predicted octanol–water partition coefficient (Wildman–Crippen LogP) is 3.03. The molecule has 0 bridgehead atoms. The number of hydrogen-bond acceptors (Lipinski definition) is 1. The maximum Gasteiger partial charge on any atom is 0.0406 e. The van der Waals surface area contributed by atoms with Crippen molar-refractivity contribution in [2.75, 3.05) is 7.05 Å². The minimum atomic E-state index is 1.27. The highest BCUT2D eigenvalue weighted by Gasteiger charge is 2.18. The van der Waals surface area contributed by atoms with Gasteiger partial charge in [-0.05, 0) is 37.8 Å². The van der Waals surface area contributed by atoms with E-state index in [0.717, 1.165) is 0 Å². The van der Waals surface area contributed by atoms with Crippen molar-refractivity contribution in [1.29, 1.82) is 0 Å². The van der Waals surface area contributed by atoms with Gasteiger partial charge in [-0.1, -0.05) is 23.8 Å². The Morgan fingerprint density at radius 1 is 1.21 bits per heavy atom. The number of aryl methyl sites for hydroxylation is 2. The van der Waals surface area contributed by atoms with Gasteiger partial charge < -0.3 is 5.32 Å². The molecule has 0 aliphatic heterocycles. The van der Waals surface area contributed by atoms with Gasteiger partial charge in [0.05, 0.1) is 0 Å². The highest BCUT2D eigenvalue weighted by Crippen LogP contribution is 2.35. The van der Waals surface area contributed by atoms with E-state index >= 15 is 0 Å². The van der Waals surface area contributed by atoms with Crippen molar-refractivity contribution in [3.63, 3.8) is 0 Å². The number of nitrogens with one attached hydrogen (secondary N) is 1. The van der Waals surface area contributed by atoms with Crippen molar-refractivity contribution >= 4 is 5.70 Å². The summed E-state index contributed by atoms with van der Waals surface area (Å²) in [5, 5.41) is 3.32. The highest BCUT2D eigenvalue weighted by atomic mass is 14.8. The van der Waals surface area contributed by atoms with Gasteiger partial charge in [-0.25, -0.2) is 0 Å². The summed E-state index contributed by atoms with van der Waals surface area (Å²) in [6.07, 6.45) is 2.53. The molecule has 0 radical (unpaired) electrons. The van der Waals surface area contributed by atoms with E-state index in [0.29, 0.717) is 0 Å². The minimum absolute atomic E-state index is 1.27.